The SMILES string of the molecule is CN1CCC(NCCS(N)(=O)=O)CC1. The second kappa shape index (κ2) is 5.06. The fraction of sp³-hybridized carbons (Fsp3) is 1.00. The van der Waals surface area contributed by atoms with E-state index in [0.29, 0.717) is 12.6 Å². The molecule has 0 aromatic heterocycles. The molecule has 3 N–H and O–H groups in total. The van der Waals surface area contributed by atoms with Crippen molar-refractivity contribution < 1.29 is 8.42 Å². The average Bonchev–Trinajstić information content (AvgIpc) is 2.06. The molecule has 0 aromatic carbocycles. The van der Waals surface area contributed by atoms with E-state index in [1.807, 2.05) is 0 Å². The molecule has 84 valence electrons. The van der Waals surface area contributed by atoms with Gasteiger partial charge in [0.25, 0.3) is 0 Å². The number of piperidine rings is 1. The van der Waals surface area contributed by atoms with Crippen molar-refractivity contribution in [2.75, 3.05) is 32.4 Å². The fourth-order valence-electron chi connectivity index (χ4n) is 1.62. The van der Waals surface area contributed by atoms with Gasteiger partial charge in [0.1, 0.15) is 0 Å². The highest BCUT2D eigenvalue weighted by molar-refractivity contribution is 7.89. The minimum Gasteiger partial charge on any atom is -0.313 e. The van der Waals surface area contributed by atoms with Crippen LogP contribution in [0.5, 0.6) is 0 Å². The predicted molar refractivity (Wildman–Crippen MR) is 56.5 cm³/mol. The summed E-state index contributed by atoms with van der Waals surface area (Å²) >= 11 is 0. The topological polar surface area (TPSA) is 75.4 Å². The molecule has 0 spiro atoms. The Morgan fingerprint density at radius 1 is 1.43 bits per heavy atom. The summed E-state index contributed by atoms with van der Waals surface area (Å²) in [5.41, 5.74) is 0. The molecular formula is C8H19N3O2S. The molecule has 0 aromatic rings. The Hall–Kier alpha value is -0.170. The Bertz CT molecular complexity index is 258. The Morgan fingerprint density at radius 3 is 2.50 bits per heavy atom. The zero-order chi connectivity index (χ0) is 10.6. The molecule has 1 aliphatic rings. The van der Waals surface area contributed by atoms with Gasteiger partial charge in [0.15, 0.2) is 0 Å². The van der Waals surface area contributed by atoms with Crippen molar-refractivity contribution in [2.24, 2.45) is 5.14 Å². The van der Waals surface area contributed by atoms with E-state index in [4.69, 9.17) is 5.14 Å². The minimum atomic E-state index is -3.31. The van der Waals surface area contributed by atoms with Crippen LogP contribution < -0.4 is 10.5 Å². The van der Waals surface area contributed by atoms with E-state index in [9.17, 15) is 8.42 Å². The van der Waals surface area contributed by atoms with Gasteiger partial charge in [0.05, 0.1) is 5.75 Å². The van der Waals surface area contributed by atoms with Crippen LogP contribution in [0.3, 0.4) is 0 Å². The standard InChI is InChI=1S/C8H19N3O2S/c1-11-5-2-8(3-6-11)10-4-7-14(9,12)13/h8,10H,2-7H2,1H3,(H2,9,12,13). The Kier molecular flexibility index (Phi) is 4.31. The molecule has 5 nitrogen and oxygen atoms in total. The lowest BCUT2D eigenvalue weighted by Crippen LogP contribution is -2.42. The van der Waals surface area contributed by atoms with Gasteiger partial charge in [0, 0.05) is 12.6 Å². The third-order valence-corrected chi connectivity index (χ3v) is 3.31. The maximum atomic E-state index is 10.7. The van der Waals surface area contributed by atoms with Gasteiger partial charge in [-0.1, -0.05) is 0 Å². The number of primary sulfonamides is 1. The van der Waals surface area contributed by atoms with Crippen LogP contribution in [-0.4, -0.2) is 51.8 Å². The van der Waals surface area contributed by atoms with E-state index < -0.39 is 10.0 Å². The highest BCUT2D eigenvalue weighted by Crippen LogP contribution is 2.07. The van der Waals surface area contributed by atoms with Crippen LogP contribution in [-0.2, 0) is 10.0 Å². The fourth-order valence-corrected chi connectivity index (χ4v) is 2.02. The molecule has 6 heteroatoms. The molecule has 0 radical (unpaired) electrons. The molecule has 0 unspecified atom stereocenters. The number of rotatable bonds is 4. The number of nitrogens with two attached hydrogens (primary N) is 1. The highest BCUT2D eigenvalue weighted by Gasteiger charge is 2.16. The smallest absolute Gasteiger partial charge is 0.210 e. The number of hydrogen-bond acceptors (Lipinski definition) is 4. The summed E-state index contributed by atoms with van der Waals surface area (Å²) in [6.45, 7) is 2.62. The molecule has 1 rings (SSSR count). The second-order valence-corrected chi connectivity index (χ2v) is 5.63. The summed E-state index contributed by atoms with van der Waals surface area (Å²) in [5.74, 6) is 0.0271. The van der Waals surface area contributed by atoms with Crippen LogP contribution in [0.4, 0.5) is 0 Å². The molecule has 0 bridgehead atoms. The molecule has 1 saturated heterocycles. The first-order valence-corrected chi connectivity index (χ1v) is 6.61. The molecule has 0 aliphatic carbocycles. The van der Waals surface area contributed by atoms with Crippen LogP contribution >= 0.6 is 0 Å². The summed E-state index contributed by atoms with van der Waals surface area (Å²) in [4.78, 5) is 2.28. The van der Waals surface area contributed by atoms with Gasteiger partial charge < -0.3 is 10.2 Å². The van der Waals surface area contributed by atoms with E-state index in [2.05, 4.69) is 17.3 Å². The van der Waals surface area contributed by atoms with Crippen LogP contribution in [0.1, 0.15) is 12.8 Å². The van der Waals surface area contributed by atoms with Crippen molar-refractivity contribution in [3.05, 3.63) is 0 Å². The molecular weight excluding hydrogens is 202 g/mol. The number of sulfonamides is 1. The van der Waals surface area contributed by atoms with Crippen LogP contribution in [0.15, 0.2) is 0 Å². The third-order valence-electron chi connectivity index (χ3n) is 2.54. The third kappa shape index (κ3) is 4.90. The lowest BCUT2D eigenvalue weighted by atomic mass is 10.1. The Labute approximate surface area is 85.7 Å². The maximum Gasteiger partial charge on any atom is 0.210 e. The van der Waals surface area contributed by atoms with Gasteiger partial charge >= 0.3 is 0 Å². The number of nitrogens with one attached hydrogen (secondary N) is 1. The first kappa shape index (κ1) is 11.9. The van der Waals surface area contributed by atoms with E-state index in [0.717, 1.165) is 25.9 Å². The molecule has 1 aliphatic heterocycles. The number of likely N-dealkylation sites (tertiary alicyclic amines) is 1. The molecule has 0 amide bonds. The predicted octanol–water partition coefficient (Wildman–Crippen LogP) is -1.04. The summed E-state index contributed by atoms with van der Waals surface area (Å²) in [6, 6.07) is 0.452. The molecule has 1 fully saturated rings. The Balaban J connectivity index is 2.14. The summed E-state index contributed by atoms with van der Waals surface area (Å²) < 4.78 is 21.3. The summed E-state index contributed by atoms with van der Waals surface area (Å²) in [6.07, 6.45) is 2.17. The lowest BCUT2D eigenvalue weighted by molar-refractivity contribution is 0.236. The van der Waals surface area contributed by atoms with Crippen LogP contribution in [0.25, 0.3) is 0 Å². The summed E-state index contributed by atoms with van der Waals surface area (Å²) in [7, 11) is -1.21. The number of hydrogen-bond donors (Lipinski definition) is 2. The van der Waals surface area contributed by atoms with Gasteiger partial charge in [-0.2, -0.15) is 0 Å². The van der Waals surface area contributed by atoms with E-state index in [1.165, 1.54) is 0 Å². The van der Waals surface area contributed by atoms with E-state index in [-0.39, 0.29) is 5.75 Å². The second-order valence-electron chi connectivity index (χ2n) is 3.90. The van der Waals surface area contributed by atoms with Crippen molar-refractivity contribution in [2.45, 2.75) is 18.9 Å². The molecule has 0 saturated carbocycles. The van der Waals surface area contributed by atoms with Crippen molar-refractivity contribution in [1.29, 1.82) is 0 Å². The zero-order valence-corrected chi connectivity index (χ0v) is 9.39. The molecule has 14 heavy (non-hydrogen) atoms. The highest BCUT2D eigenvalue weighted by atomic mass is 32.2. The first-order valence-electron chi connectivity index (χ1n) is 4.90. The van der Waals surface area contributed by atoms with Crippen molar-refractivity contribution in [3.63, 3.8) is 0 Å². The van der Waals surface area contributed by atoms with Gasteiger partial charge in [-0.3, -0.25) is 0 Å². The van der Waals surface area contributed by atoms with Gasteiger partial charge in [-0.05, 0) is 33.0 Å². The van der Waals surface area contributed by atoms with E-state index >= 15 is 0 Å². The number of nitrogens with zero attached hydrogens (tertiary/aromatic N) is 1. The quantitative estimate of drug-likeness (QED) is 0.636. The minimum absolute atomic E-state index is 0.0271. The van der Waals surface area contributed by atoms with Crippen molar-refractivity contribution >= 4 is 10.0 Å². The van der Waals surface area contributed by atoms with Gasteiger partial charge in [-0.25, -0.2) is 13.6 Å². The van der Waals surface area contributed by atoms with Gasteiger partial charge in [-0.15, -0.1) is 0 Å². The van der Waals surface area contributed by atoms with Crippen molar-refractivity contribution in [3.8, 4) is 0 Å². The summed E-state index contributed by atoms with van der Waals surface area (Å²) in [5, 5.41) is 8.11. The largest absolute Gasteiger partial charge is 0.313 e. The lowest BCUT2D eigenvalue weighted by Gasteiger charge is -2.29. The van der Waals surface area contributed by atoms with Gasteiger partial charge in [0.2, 0.25) is 10.0 Å². The van der Waals surface area contributed by atoms with Crippen molar-refractivity contribution in [1.82, 2.24) is 10.2 Å². The Morgan fingerprint density at radius 2 is 2.00 bits per heavy atom. The van der Waals surface area contributed by atoms with Crippen LogP contribution in [0, 0.1) is 0 Å². The normalized spacial score (nSPS) is 21.3. The van der Waals surface area contributed by atoms with Crippen LogP contribution in [0.2, 0.25) is 0 Å². The maximum absolute atomic E-state index is 10.7. The average molecular weight is 221 g/mol. The monoisotopic (exact) mass is 221 g/mol. The first-order chi connectivity index (χ1) is 6.47. The zero-order valence-electron chi connectivity index (χ0n) is 8.57. The van der Waals surface area contributed by atoms with E-state index in [1.54, 1.807) is 0 Å². The molecule has 0 atom stereocenters. The molecule has 1 heterocycles.